The summed E-state index contributed by atoms with van der Waals surface area (Å²) in [6.45, 7) is 4.06. The van der Waals surface area contributed by atoms with Gasteiger partial charge in [0.05, 0.1) is 12.8 Å². The zero-order valence-electron chi connectivity index (χ0n) is 14.1. The van der Waals surface area contributed by atoms with Crippen LogP contribution in [0.2, 0.25) is 0 Å². The normalized spacial score (nSPS) is 14.5. The molecule has 1 aromatic heterocycles. The first-order valence-corrected chi connectivity index (χ1v) is 8.26. The van der Waals surface area contributed by atoms with Crippen molar-refractivity contribution >= 4 is 0 Å². The van der Waals surface area contributed by atoms with Gasteiger partial charge in [-0.25, -0.2) is 9.37 Å². The maximum Gasteiger partial charge on any atom is 0.254 e. The summed E-state index contributed by atoms with van der Waals surface area (Å²) in [7, 11) is 1.46. The fourth-order valence-corrected chi connectivity index (χ4v) is 3.10. The highest BCUT2D eigenvalue weighted by atomic mass is 19.1. The molecule has 3 rings (SSSR count). The number of aromatic amines is 1. The molecule has 2 heterocycles. The SMILES string of the molecule is CCCc1nc2c(c(=O)[nH]1)CCN(Cc1ccc(OC)c(F)c1)C2. The number of benzene rings is 1. The number of aryl methyl sites for hydroxylation is 1. The minimum absolute atomic E-state index is 0.0152. The van der Waals surface area contributed by atoms with E-state index in [1.54, 1.807) is 6.07 Å². The summed E-state index contributed by atoms with van der Waals surface area (Å²) in [5, 5.41) is 0. The highest BCUT2D eigenvalue weighted by Crippen LogP contribution is 2.21. The van der Waals surface area contributed by atoms with E-state index in [4.69, 9.17) is 4.74 Å². The number of methoxy groups -OCH3 is 1. The molecule has 0 atom stereocenters. The Kier molecular flexibility index (Phi) is 4.94. The first kappa shape index (κ1) is 16.6. The maximum absolute atomic E-state index is 13.8. The van der Waals surface area contributed by atoms with Crippen molar-refractivity contribution in [2.45, 2.75) is 39.3 Å². The number of aromatic nitrogens is 2. The van der Waals surface area contributed by atoms with E-state index in [1.165, 1.54) is 13.2 Å². The molecule has 6 heteroatoms. The van der Waals surface area contributed by atoms with Crippen LogP contribution in [0.4, 0.5) is 4.39 Å². The summed E-state index contributed by atoms with van der Waals surface area (Å²) in [6, 6.07) is 5.01. The smallest absolute Gasteiger partial charge is 0.254 e. The highest BCUT2D eigenvalue weighted by Gasteiger charge is 2.21. The number of rotatable bonds is 5. The van der Waals surface area contributed by atoms with Gasteiger partial charge in [-0.05, 0) is 30.5 Å². The van der Waals surface area contributed by atoms with Gasteiger partial charge in [0.25, 0.3) is 5.56 Å². The van der Waals surface area contributed by atoms with Crippen molar-refractivity contribution < 1.29 is 9.13 Å². The lowest BCUT2D eigenvalue weighted by molar-refractivity contribution is 0.239. The van der Waals surface area contributed by atoms with Crippen molar-refractivity contribution in [1.82, 2.24) is 14.9 Å². The third-order valence-corrected chi connectivity index (χ3v) is 4.31. The third-order valence-electron chi connectivity index (χ3n) is 4.31. The van der Waals surface area contributed by atoms with Gasteiger partial charge in [0, 0.05) is 31.6 Å². The number of fused-ring (bicyclic) bond motifs is 1. The second kappa shape index (κ2) is 7.13. The van der Waals surface area contributed by atoms with Crippen LogP contribution in [0.5, 0.6) is 5.75 Å². The highest BCUT2D eigenvalue weighted by molar-refractivity contribution is 5.29. The number of ether oxygens (including phenoxy) is 1. The average molecular weight is 331 g/mol. The van der Waals surface area contributed by atoms with Gasteiger partial charge in [0.2, 0.25) is 0 Å². The Morgan fingerprint density at radius 2 is 2.25 bits per heavy atom. The molecular weight excluding hydrogens is 309 g/mol. The monoisotopic (exact) mass is 331 g/mol. The van der Waals surface area contributed by atoms with Crippen LogP contribution in [0.15, 0.2) is 23.0 Å². The predicted octanol–water partition coefficient (Wildman–Crippen LogP) is 2.43. The molecular formula is C18H22FN3O2. The Morgan fingerprint density at radius 3 is 2.96 bits per heavy atom. The molecule has 0 spiro atoms. The Balaban J connectivity index is 1.77. The molecule has 1 N–H and O–H groups in total. The molecule has 128 valence electrons. The first-order valence-electron chi connectivity index (χ1n) is 8.26. The number of hydrogen-bond acceptors (Lipinski definition) is 4. The van der Waals surface area contributed by atoms with Crippen LogP contribution < -0.4 is 10.3 Å². The van der Waals surface area contributed by atoms with Gasteiger partial charge < -0.3 is 9.72 Å². The quantitative estimate of drug-likeness (QED) is 0.914. The molecule has 24 heavy (non-hydrogen) atoms. The number of nitrogens with one attached hydrogen (secondary N) is 1. The van der Waals surface area contributed by atoms with Crippen LogP contribution in [0, 0.1) is 5.82 Å². The number of nitrogens with zero attached hydrogens (tertiary/aromatic N) is 2. The van der Waals surface area contributed by atoms with Crippen molar-refractivity contribution in [1.29, 1.82) is 0 Å². The minimum atomic E-state index is -0.354. The summed E-state index contributed by atoms with van der Waals surface area (Å²) in [5.74, 6) is 0.644. The molecule has 2 aromatic rings. The van der Waals surface area contributed by atoms with Crippen molar-refractivity contribution in [3.63, 3.8) is 0 Å². The molecule has 0 saturated heterocycles. The molecule has 1 aromatic carbocycles. The zero-order chi connectivity index (χ0) is 17.1. The molecule has 0 aliphatic carbocycles. The van der Waals surface area contributed by atoms with Crippen LogP contribution in [0.3, 0.4) is 0 Å². The zero-order valence-corrected chi connectivity index (χ0v) is 14.1. The molecule has 0 unspecified atom stereocenters. The molecule has 5 nitrogen and oxygen atoms in total. The van der Waals surface area contributed by atoms with Crippen molar-refractivity contribution in [3.05, 3.63) is 57.0 Å². The fraction of sp³-hybridized carbons (Fsp3) is 0.444. The van der Waals surface area contributed by atoms with E-state index in [9.17, 15) is 9.18 Å². The number of halogens is 1. The van der Waals surface area contributed by atoms with Gasteiger partial charge in [-0.15, -0.1) is 0 Å². The Bertz CT molecular complexity index is 788. The van der Waals surface area contributed by atoms with Gasteiger partial charge >= 0.3 is 0 Å². The van der Waals surface area contributed by atoms with E-state index in [0.29, 0.717) is 19.5 Å². The van der Waals surface area contributed by atoms with Gasteiger partial charge in [-0.2, -0.15) is 0 Å². The second-order valence-corrected chi connectivity index (χ2v) is 6.12. The lowest BCUT2D eigenvalue weighted by Crippen LogP contribution is -2.35. The molecule has 0 amide bonds. The van der Waals surface area contributed by atoms with E-state index in [0.717, 1.165) is 42.0 Å². The lowest BCUT2D eigenvalue weighted by Gasteiger charge is -2.27. The summed E-state index contributed by atoms with van der Waals surface area (Å²) < 4.78 is 18.8. The third kappa shape index (κ3) is 3.48. The van der Waals surface area contributed by atoms with E-state index in [2.05, 4.69) is 21.8 Å². The Labute approximate surface area is 140 Å². The summed E-state index contributed by atoms with van der Waals surface area (Å²) >= 11 is 0. The predicted molar refractivity (Wildman–Crippen MR) is 89.6 cm³/mol. The molecule has 0 bridgehead atoms. The van der Waals surface area contributed by atoms with Gasteiger partial charge in [-0.1, -0.05) is 13.0 Å². The van der Waals surface area contributed by atoms with Crippen LogP contribution in [-0.4, -0.2) is 28.5 Å². The number of hydrogen-bond donors (Lipinski definition) is 1. The standard InChI is InChI=1S/C18H22FN3O2/c1-3-4-17-20-15-11-22(8-7-13(15)18(23)21-17)10-12-5-6-16(24-2)14(19)9-12/h5-6,9H,3-4,7-8,10-11H2,1-2H3,(H,20,21,23). The Hall–Kier alpha value is -2.21. The summed E-state index contributed by atoms with van der Waals surface area (Å²) in [5.41, 5.74) is 2.50. The van der Waals surface area contributed by atoms with Gasteiger partial charge in [0.15, 0.2) is 11.6 Å². The lowest BCUT2D eigenvalue weighted by atomic mass is 10.1. The van der Waals surface area contributed by atoms with Crippen LogP contribution in [0.1, 0.15) is 36.0 Å². The van der Waals surface area contributed by atoms with Gasteiger partial charge in [0.1, 0.15) is 5.82 Å². The molecule has 0 saturated carbocycles. The first-order chi connectivity index (χ1) is 11.6. The van der Waals surface area contributed by atoms with Gasteiger partial charge in [-0.3, -0.25) is 9.69 Å². The average Bonchev–Trinajstić information content (AvgIpc) is 2.55. The largest absolute Gasteiger partial charge is 0.494 e. The van der Waals surface area contributed by atoms with E-state index in [1.807, 2.05) is 6.07 Å². The summed E-state index contributed by atoms with van der Waals surface area (Å²) in [4.78, 5) is 21.8. The molecule has 0 fully saturated rings. The number of H-pyrrole nitrogens is 1. The van der Waals surface area contributed by atoms with Crippen LogP contribution >= 0.6 is 0 Å². The van der Waals surface area contributed by atoms with Crippen molar-refractivity contribution in [3.8, 4) is 5.75 Å². The molecule has 1 aliphatic rings. The second-order valence-electron chi connectivity index (χ2n) is 6.12. The summed E-state index contributed by atoms with van der Waals surface area (Å²) in [6.07, 6.45) is 2.38. The van der Waals surface area contributed by atoms with Crippen molar-refractivity contribution in [2.75, 3.05) is 13.7 Å². The Morgan fingerprint density at radius 1 is 1.42 bits per heavy atom. The van der Waals surface area contributed by atoms with Crippen LogP contribution in [0.25, 0.3) is 0 Å². The van der Waals surface area contributed by atoms with E-state index in [-0.39, 0.29) is 17.1 Å². The topological polar surface area (TPSA) is 58.2 Å². The minimum Gasteiger partial charge on any atom is -0.494 e. The van der Waals surface area contributed by atoms with Crippen molar-refractivity contribution in [2.24, 2.45) is 0 Å². The van der Waals surface area contributed by atoms with E-state index < -0.39 is 0 Å². The maximum atomic E-state index is 13.8. The molecule has 0 radical (unpaired) electrons. The molecule has 1 aliphatic heterocycles. The van der Waals surface area contributed by atoms with Crippen LogP contribution in [-0.2, 0) is 25.9 Å². The van der Waals surface area contributed by atoms with E-state index >= 15 is 0 Å². The fourth-order valence-electron chi connectivity index (χ4n) is 3.10.